The van der Waals surface area contributed by atoms with Gasteiger partial charge in [0.25, 0.3) is 5.91 Å². The quantitative estimate of drug-likeness (QED) is 0.609. The summed E-state index contributed by atoms with van der Waals surface area (Å²) >= 11 is 0. The maximum Gasteiger partial charge on any atom is 0.256 e. The van der Waals surface area contributed by atoms with Crippen LogP contribution in [-0.4, -0.2) is 62.0 Å². The smallest absolute Gasteiger partial charge is 0.256 e. The average Bonchev–Trinajstić information content (AvgIpc) is 3.18. The van der Waals surface area contributed by atoms with Crippen LogP contribution >= 0.6 is 0 Å². The van der Waals surface area contributed by atoms with Gasteiger partial charge in [0.15, 0.2) is 11.5 Å². The third kappa shape index (κ3) is 4.72. The lowest BCUT2D eigenvalue weighted by atomic mass is 9.99. The van der Waals surface area contributed by atoms with E-state index in [-0.39, 0.29) is 24.4 Å². The average molecular weight is 487 g/mol. The standard InChI is InChI=1S/C28H30N4O4/c1-31-10-5-4-6-21(31)15-23-22-14-20(7-8-24(22)30-28(23)34)29-27(33)17-32-11-9-18-12-25(35-2)26(36-3)13-19(18)16-32/h4-8,10,12-15,21H,9,11,16-17H2,1-3H3,(H,29,33)(H,30,34)/b23-15+. The van der Waals surface area contributed by atoms with Crippen LogP contribution in [0.3, 0.4) is 0 Å². The van der Waals surface area contributed by atoms with E-state index >= 15 is 0 Å². The number of rotatable bonds is 6. The number of amides is 2. The lowest BCUT2D eigenvalue weighted by molar-refractivity contribution is -0.117. The van der Waals surface area contributed by atoms with E-state index in [4.69, 9.17) is 9.47 Å². The van der Waals surface area contributed by atoms with E-state index in [1.807, 2.05) is 72.8 Å². The third-order valence-corrected chi connectivity index (χ3v) is 6.80. The molecule has 0 aromatic heterocycles. The third-order valence-electron chi connectivity index (χ3n) is 6.80. The number of methoxy groups -OCH3 is 2. The second-order valence-corrected chi connectivity index (χ2v) is 9.16. The lowest BCUT2D eigenvalue weighted by Crippen LogP contribution is -2.37. The summed E-state index contributed by atoms with van der Waals surface area (Å²) in [5, 5.41) is 5.92. The van der Waals surface area contributed by atoms with Crippen molar-refractivity contribution in [1.82, 2.24) is 9.80 Å². The van der Waals surface area contributed by atoms with Gasteiger partial charge in [-0.25, -0.2) is 0 Å². The molecule has 0 spiro atoms. The van der Waals surface area contributed by atoms with Crippen LogP contribution in [-0.2, 0) is 22.6 Å². The summed E-state index contributed by atoms with van der Waals surface area (Å²) in [6, 6.07) is 9.51. The molecule has 3 aliphatic heterocycles. The molecule has 1 atom stereocenters. The highest BCUT2D eigenvalue weighted by Crippen LogP contribution is 2.35. The molecule has 8 nitrogen and oxygen atoms in total. The van der Waals surface area contributed by atoms with E-state index < -0.39 is 0 Å². The van der Waals surface area contributed by atoms with Crippen molar-refractivity contribution in [2.75, 3.05) is 45.0 Å². The Morgan fingerprint density at radius 1 is 1.14 bits per heavy atom. The highest BCUT2D eigenvalue weighted by molar-refractivity contribution is 6.31. The topological polar surface area (TPSA) is 83.1 Å². The van der Waals surface area contributed by atoms with Crippen molar-refractivity contribution in [3.63, 3.8) is 0 Å². The van der Waals surface area contributed by atoms with E-state index in [0.717, 1.165) is 35.5 Å². The van der Waals surface area contributed by atoms with Crippen molar-refractivity contribution in [1.29, 1.82) is 0 Å². The fraction of sp³-hybridized carbons (Fsp3) is 0.286. The summed E-state index contributed by atoms with van der Waals surface area (Å²) < 4.78 is 10.9. The van der Waals surface area contributed by atoms with Crippen molar-refractivity contribution < 1.29 is 19.1 Å². The molecule has 0 aliphatic carbocycles. The van der Waals surface area contributed by atoms with Gasteiger partial charge in [0.05, 0.1) is 26.8 Å². The second-order valence-electron chi connectivity index (χ2n) is 9.16. The van der Waals surface area contributed by atoms with E-state index in [1.165, 1.54) is 5.56 Å². The molecule has 0 bridgehead atoms. The molecule has 8 heteroatoms. The van der Waals surface area contributed by atoms with Crippen molar-refractivity contribution in [3.05, 3.63) is 77.5 Å². The zero-order chi connectivity index (χ0) is 25.2. The van der Waals surface area contributed by atoms with Gasteiger partial charge in [0, 0.05) is 42.6 Å². The predicted octanol–water partition coefficient (Wildman–Crippen LogP) is 3.42. The van der Waals surface area contributed by atoms with Crippen LogP contribution in [0, 0.1) is 0 Å². The zero-order valence-corrected chi connectivity index (χ0v) is 20.7. The number of ether oxygens (including phenoxy) is 2. The summed E-state index contributed by atoms with van der Waals surface area (Å²) in [6.45, 7) is 1.71. The molecule has 1 unspecified atom stereocenters. The van der Waals surface area contributed by atoms with E-state index in [2.05, 4.69) is 15.5 Å². The van der Waals surface area contributed by atoms with Gasteiger partial charge >= 0.3 is 0 Å². The Bertz CT molecular complexity index is 1300. The summed E-state index contributed by atoms with van der Waals surface area (Å²) in [6.07, 6.45) is 10.7. The van der Waals surface area contributed by atoms with Crippen LogP contribution in [0.15, 0.2) is 60.8 Å². The summed E-state index contributed by atoms with van der Waals surface area (Å²) in [7, 11) is 5.23. The van der Waals surface area contributed by atoms with Crippen LogP contribution < -0.4 is 20.1 Å². The maximum atomic E-state index is 12.9. The molecule has 2 amide bonds. The number of fused-ring (bicyclic) bond motifs is 2. The fourth-order valence-electron chi connectivity index (χ4n) is 4.85. The first-order valence-corrected chi connectivity index (χ1v) is 12.0. The Morgan fingerprint density at radius 3 is 2.67 bits per heavy atom. The minimum absolute atomic E-state index is 0.0134. The van der Waals surface area contributed by atoms with Crippen molar-refractivity contribution in [2.24, 2.45) is 0 Å². The Morgan fingerprint density at radius 2 is 1.92 bits per heavy atom. The number of nitrogens with zero attached hydrogens (tertiary/aromatic N) is 2. The van der Waals surface area contributed by atoms with Gasteiger partial charge in [-0.3, -0.25) is 14.5 Å². The molecule has 186 valence electrons. The molecule has 2 N–H and O–H groups in total. The Balaban J connectivity index is 1.27. The molecule has 36 heavy (non-hydrogen) atoms. The molecule has 2 aromatic carbocycles. The molecule has 2 aromatic rings. The summed E-state index contributed by atoms with van der Waals surface area (Å²) in [5.74, 6) is 1.19. The van der Waals surface area contributed by atoms with Crippen LogP contribution in [0.2, 0.25) is 0 Å². The van der Waals surface area contributed by atoms with E-state index in [0.29, 0.717) is 23.6 Å². The first-order valence-electron chi connectivity index (χ1n) is 12.0. The van der Waals surface area contributed by atoms with Crippen LogP contribution in [0.1, 0.15) is 16.7 Å². The van der Waals surface area contributed by atoms with E-state index in [1.54, 1.807) is 14.2 Å². The van der Waals surface area contributed by atoms with Gasteiger partial charge in [-0.2, -0.15) is 0 Å². The number of allylic oxidation sites excluding steroid dienone is 2. The lowest BCUT2D eigenvalue weighted by Gasteiger charge is -2.29. The van der Waals surface area contributed by atoms with Gasteiger partial charge in [0.1, 0.15) is 0 Å². The van der Waals surface area contributed by atoms with E-state index in [9.17, 15) is 9.59 Å². The number of likely N-dealkylation sites (N-methyl/N-ethyl adjacent to an activating group) is 1. The number of hydrogen-bond acceptors (Lipinski definition) is 6. The van der Waals surface area contributed by atoms with Crippen LogP contribution in [0.5, 0.6) is 11.5 Å². The zero-order valence-electron chi connectivity index (χ0n) is 20.7. The Hall–Kier alpha value is -4.04. The van der Waals surface area contributed by atoms with Crippen molar-refractivity contribution >= 4 is 28.8 Å². The highest BCUT2D eigenvalue weighted by atomic mass is 16.5. The summed E-state index contributed by atoms with van der Waals surface area (Å²) in [5.41, 5.74) is 5.17. The van der Waals surface area contributed by atoms with Crippen molar-refractivity contribution in [3.8, 4) is 11.5 Å². The number of carbonyl (C=O) groups is 2. The predicted molar refractivity (Wildman–Crippen MR) is 140 cm³/mol. The van der Waals surface area contributed by atoms with Gasteiger partial charge in [-0.1, -0.05) is 12.2 Å². The molecule has 0 saturated heterocycles. The molecule has 0 saturated carbocycles. The molecular formula is C28H30N4O4. The second kappa shape index (κ2) is 9.91. The Labute approximate surface area is 210 Å². The largest absolute Gasteiger partial charge is 0.493 e. The molecule has 0 fully saturated rings. The molecular weight excluding hydrogens is 456 g/mol. The van der Waals surface area contributed by atoms with Crippen molar-refractivity contribution in [2.45, 2.75) is 19.0 Å². The number of anilines is 2. The molecule has 5 rings (SSSR count). The number of nitrogens with one attached hydrogen (secondary N) is 2. The van der Waals surface area contributed by atoms with Gasteiger partial charge in [0.2, 0.25) is 5.91 Å². The Kier molecular flexibility index (Phi) is 6.52. The molecule has 3 aliphatic rings. The van der Waals surface area contributed by atoms with Crippen LogP contribution in [0.25, 0.3) is 5.57 Å². The normalized spacial score (nSPS) is 19.6. The number of hydrogen-bond donors (Lipinski definition) is 2. The van der Waals surface area contributed by atoms with Crippen LogP contribution in [0.4, 0.5) is 11.4 Å². The summed E-state index contributed by atoms with van der Waals surface area (Å²) in [4.78, 5) is 29.7. The SMILES string of the molecule is COc1cc2c(cc1OC)CN(CC(=O)Nc1ccc3c(c1)/C(=C\C1C=CC=CN1C)C(=O)N3)CC2. The minimum Gasteiger partial charge on any atom is -0.493 e. The van der Waals surface area contributed by atoms with Gasteiger partial charge in [-0.05, 0) is 66.2 Å². The first-order chi connectivity index (χ1) is 17.4. The molecule has 3 heterocycles. The minimum atomic E-state index is -0.135. The van der Waals surface area contributed by atoms with Gasteiger partial charge < -0.3 is 25.0 Å². The highest BCUT2D eigenvalue weighted by Gasteiger charge is 2.26. The fourth-order valence-corrected chi connectivity index (χ4v) is 4.85. The number of carbonyl (C=O) groups excluding carboxylic acids is 2. The maximum absolute atomic E-state index is 12.9. The molecule has 0 radical (unpaired) electrons. The van der Waals surface area contributed by atoms with Gasteiger partial charge in [-0.15, -0.1) is 0 Å². The monoisotopic (exact) mass is 486 g/mol. The number of benzene rings is 2. The first kappa shape index (κ1) is 23.7.